The lowest BCUT2D eigenvalue weighted by Gasteiger charge is -2.06. The summed E-state index contributed by atoms with van der Waals surface area (Å²) in [5, 5.41) is 4.42. The molecule has 0 saturated heterocycles. The van der Waals surface area contributed by atoms with Crippen molar-refractivity contribution in [1.29, 1.82) is 0 Å². The van der Waals surface area contributed by atoms with Crippen LogP contribution in [-0.4, -0.2) is 28.6 Å². The molecule has 0 spiro atoms. The van der Waals surface area contributed by atoms with Gasteiger partial charge in [-0.15, -0.1) is 0 Å². The Morgan fingerprint density at radius 2 is 1.81 bits per heavy atom. The first-order valence-electron chi connectivity index (χ1n) is 8.59. The van der Waals surface area contributed by atoms with Gasteiger partial charge in [0.05, 0.1) is 12.5 Å². The Morgan fingerprint density at radius 1 is 1.00 bits per heavy atom. The monoisotopic (exact) mass is 344 g/mol. The molecule has 0 aliphatic heterocycles. The molecular weight excluding hydrogens is 324 g/mol. The van der Waals surface area contributed by atoms with Gasteiger partial charge in [-0.25, -0.2) is 9.97 Å². The van der Waals surface area contributed by atoms with Crippen LogP contribution >= 0.6 is 0 Å². The lowest BCUT2D eigenvalue weighted by atomic mass is 10.1. The molecule has 2 aromatic carbocycles. The average molecular weight is 344 g/mol. The van der Waals surface area contributed by atoms with Gasteiger partial charge in [0.2, 0.25) is 0 Å². The van der Waals surface area contributed by atoms with E-state index >= 15 is 0 Å². The van der Waals surface area contributed by atoms with E-state index in [0.29, 0.717) is 0 Å². The highest BCUT2D eigenvalue weighted by atomic mass is 16.5. The topological polar surface area (TPSA) is 62.8 Å². The number of benzene rings is 2. The number of fused-ring (bicyclic) bond motifs is 1. The first kappa shape index (κ1) is 16.1. The van der Waals surface area contributed by atoms with Gasteiger partial charge in [0.25, 0.3) is 0 Å². The highest BCUT2D eigenvalue weighted by molar-refractivity contribution is 5.91. The lowest BCUT2D eigenvalue weighted by Crippen LogP contribution is -2.06. The van der Waals surface area contributed by atoms with E-state index in [0.717, 1.165) is 46.8 Å². The number of nitrogens with one attached hydrogen (secondary N) is 2. The van der Waals surface area contributed by atoms with Gasteiger partial charge in [-0.1, -0.05) is 30.3 Å². The number of hydrogen-bond acceptors (Lipinski definition) is 4. The summed E-state index contributed by atoms with van der Waals surface area (Å²) in [6.07, 6.45) is 2.53. The zero-order valence-corrected chi connectivity index (χ0v) is 14.6. The summed E-state index contributed by atoms with van der Waals surface area (Å²) < 4.78 is 5.22. The Kier molecular flexibility index (Phi) is 4.51. The fraction of sp³-hybridized carbons (Fsp3) is 0.143. The van der Waals surface area contributed by atoms with Crippen molar-refractivity contribution in [2.75, 3.05) is 19.0 Å². The first-order valence-corrected chi connectivity index (χ1v) is 8.59. The zero-order valence-electron chi connectivity index (χ0n) is 14.6. The van der Waals surface area contributed by atoms with E-state index in [1.54, 1.807) is 13.4 Å². The average Bonchev–Trinajstić information content (AvgIpc) is 3.14. The number of H-pyrrole nitrogens is 1. The molecule has 0 bridgehead atoms. The van der Waals surface area contributed by atoms with Crippen molar-refractivity contribution in [3.05, 3.63) is 72.6 Å². The summed E-state index contributed by atoms with van der Waals surface area (Å²) in [4.78, 5) is 12.1. The third-order valence-electron chi connectivity index (χ3n) is 4.38. The fourth-order valence-corrected chi connectivity index (χ4v) is 2.98. The van der Waals surface area contributed by atoms with Gasteiger partial charge in [0.15, 0.2) is 0 Å². The Bertz CT molecular complexity index is 994. The van der Waals surface area contributed by atoms with Gasteiger partial charge >= 0.3 is 0 Å². The lowest BCUT2D eigenvalue weighted by molar-refractivity contribution is 0.415. The normalized spacial score (nSPS) is 10.8. The number of nitrogens with zero attached hydrogens (tertiary/aromatic N) is 2. The van der Waals surface area contributed by atoms with Crippen molar-refractivity contribution in [1.82, 2.24) is 15.0 Å². The molecule has 0 amide bonds. The van der Waals surface area contributed by atoms with Crippen molar-refractivity contribution >= 4 is 16.9 Å². The van der Waals surface area contributed by atoms with E-state index in [1.807, 2.05) is 30.3 Å². The summed E-state index contributed by atoms with van der Waals surface area (Å²) in [6.45, 7) is 0.819. The van der Waals surface area contributed by atoms with Crippen LogP contribution in [0.4, 0.5) is 5.82 Å². The number of aromatic nitrogens is 3. The summed E-state index contributed by atoms with van der Waals surface area (Å²) >= 11 is 0. The standard InChI is InChI=1S/C21H20N4O/c1-26-17-9-7-16(8-10-17)19-13-18-20(23-14-24-21(18)25-19)22-12-11-15-5-3-2-4-6-15/h2-10,13-14H,11-12H2,1H3,(H2,22,23,24,25). The minimum Gasteiger partial charge on any atom is -0.497 e. The second kappa shape index (κ2) is 7.27. The second-order valence-corrected chi connectivity index (χ2v) is 6.06. The maximum atomic E-state index is 5.22. The number of rotatable bonds is 6. The predicted octanol–water partition coefficient (Wildman–Crippen LogP) is 4.29. The van der Waals surface area contributed by atoms with Gasteiger partial charge in [0, 0.05) is 12.2 Å². The summed E-state index contributed by atoms with van der Waals surface area (Å²) in [5.41, 5.74) is 4.22. The van der Waals surface area contributed by atoms with Crippen LogP contribution in [0.3, 0.4) is 0 Å². The van der Waals surface area contributed by atoms with E-state index in [-0.39, 0.29) is 0 Å². The minimum absolute atomic E-state index is 0.819. The molecule has 4 aromatic rings. The van der Waals surface area contributed by atoms with Gasteiger partial charge in [-0.05, 0) is 47.9 Å². The molecule has 0 atom stereocenters. The molecular formula is C21H20N4O. The van der Waals surface area contributed by atoms with Crippen LogP contribution in [-0.2, 0) is 6.42 Å². The van der Waals surface area contributed by atoms with Crippen LogP contribution < -0.4 is 10.1 Å². The summed E-state index contributed by atoms with van der Waals surface area (Å²) in [7, 11) is 1.67. The van der Waals surface area contributed by atoms with Crippen molar-refractivity contribution in [2.24, 2.45) is 0 Å². The van der Waals surface area contributed by atoms with Crippen LogP contribution in [0.25, 0.3) is 22.3 Å². The molecule has 2 heterocycles. The molecule has 0 saturated carbocycles. The molecule has 0 fully saturated rings. The Hall–Kier alpha value is -3.34. The zero-order chi connectivity index (χ0) is 17.8. The summed E-state index contributed by atoms with van der Waals surface area (Å²) in [6, 6.07) is 20.5. The Morgan fingerprint density at radius 3 is 2.58 bits per heavy atom. The first-order chi connectivity index (χ1) is 12.8. The van der Waals surface area contributed by atoms with Crippen molar-refractivity contribution in [3.63, 3.8) is 0 Å². The van der Waals surface area contributed by atoms with Crippen molar-refractivity contribution in [3.8, 4) is 17.0 Å². The van der Waals surface area contributed by atoms with Crippen molar-refractivity contribution in [2.45, 2.75) is 6.42 Å². The number of aromatic amines is 1. The van der Waals surface area contributed by atoms with Gasteiger partial charge < -0.3 is 15.0 Å². The minimum atomic E-state index is 0.819. The molecule has 4 rings (SSSR count). The van der Waals surface area contributed by atoms with E-state index < -0.39 is 0 Å². The highest BCUT2D eigenvalue weighted by Crippen LogP contribution is 2.27. The molecule has 0 unspecified atom stereocenters. The molecule has 26 heavy (non-hydrogen) atoms. The highest BCUT2D eigenvalue weighted by Gasteiger charge is 2.09. The molecule has 2 N–H and O–H groups in total. The van der Waals surface area contributed by atoms with E-state index in [9.17, 15) is 0 Å². The SMILES string of the molecule is COc1ccc(-c2cc3c(NCCc4ccccc4)ncnc3[nH]2)cc1. The second-order valence-electron chi connectivity index (χ2n) is 6.06. The predicted molar refractivity (Wildman–Crippen MR) is 105 cm³/mol. The van der Waals surface area contributed by atoms with Gasteiger partial charge in [0.1, 0.15) is 23.5 Å². The molecule has 2 aromatic heterocycles. The molecule has 0 radical (unpaired) electrons. The van der Waals surface area contributed by atoms with Gasteiger partial charge in [-0.2, -0.15) is 0 Å². The molecule has 0 aliphatic rings. The number of ether oxygens (including phenoxy) is 1. The molecule has 0 aliphatic carbocycles. The smallest absolute Gasteiger partial charge is 0.143 e. The van der Waals surface area contributed by atoms with Crippen LogP contribution in [0.5, 0.6) is 5.75 Å². The van der Waals surface area contributed by atoms with Crippen molar-refractivity contribution < 1.29 is 4.74 Å². The third-order valence-corrected chi connectivity index (χ3v) is 4.38. The van der Waals surface area contributed by atoms with Gasteiger partial charge in [-0.3, -0.25) is 0 Å². The maximum Gasteiger partial charge on any atom is 0.143 e. The van der Waals surface area contributed by atoms with Crippen LogP contribution in [0.15, 0.2) is 67.0 Å². The van der Waals surface area contributed by atoms with Crippen LogP contribution in [0.2, 0.25) is 0 Å². The van der Waals surface area contributed by atoms with E-state index in [4.69, 9.17) is 4.74 Å². The Balaban J connectivity index is 1.55. The molecule has 5 nitrogen and oxygen atoms in total. The molecule has 5 heteroatoms. The Labute approximate surface area is 152 Å². The summed E-state index contributed by atoms with van der Waals surface area (Å²) in [5.74, 6) is 1.69. The number of anilines is 1. The third kappa shape index (κ3) is 3.37. The van der Waals surface area contributed by atoms with E-state index in [2.05, 4.69) is 50.6 Å². The largest absolute Gasteiger partial charge is 0.497 e. The van der Waals surface area contributed by atoms with Crippen LogP contribution in [0, 0.1) is 0 Å². The quantitative estimate of drug-likeness (QED) is 0.548. The van der Waals surface area contributed by atoms with E-state index in [1.165, 1.54) is 5.56 Å². The number of hydrogen-bond donors (Lipinski definition) is 2. The van der Waals surface area contributed by atoms with Crippen LogP contribution in [0.1, 0.15) is 5.56 Å². The fourth-order valence-electron chi connectivity index (χ4n) is 2.98. The molecule has 130 valence electrons. The maximum absolute atomic E-state index is 5.22. The number of methoxy groups -OCH3 is 1.